The second-order valence-corrected chi connectivity index (χ2v) is 13.2. The number of piperidine rings is 1. The first-order valence-corrected chi connectivity index (χ1v) is 17.7. The van der Waals surface area contributed by atoms with Crippen molar-refractivity contribution in [1.29, 1.82) is 0 Å². The van der Waals surface area contributed by atoms with Gasteiger partial charge >= 0.3 is 6.09 Å². The summed E-state index contributed by atoms with van der Waals surface area (Å²) >= 11 is 0. The molecule has 2 saturated heterocycles. The van der Waals surface area contributed by atoms with Crippen molar-refractivity contribution in [2.75, 3.05) is 38.0 Å². The number of aromatic hydroxyl groups is 1. The highest BCUT2D eigenvalue weighted by Crippen LogP contribution is 2.30. The molecule has 4 aromatic rings. The number of para-hydroxylation sites is 1. The Morgan fingerprint density at radius 1 is 0.918 bits per heavy atom. The molecule has 1 aromatic heterocycles. The topological polar surface area (TPSA) is 136 Å². The highest BCUT2D eigenvalue weighted by molar-refractivity contribution is 5.91. The Labute approximate surface area is 287 Å². The Hall–Kier alpha value is -4.22. The summed E-state index contributed by atoms with van der Waals surface area (Å²) in [6.45, 7) is 4.05. The number of phenolic OH excluding ortho intramolecular Hbond substituents is 1. The quantitative estimate of drug-likeness (QED) is 0.0982. The molecule has 1 amide bonds. The van der Waals surface area contributed by atoms with Crippen molar-refractivity contribution in [3.8, 4) is 16.9 Å². The molecule has 10 nitrogen and oxygen atoms in total. The third-order valence-electron chi connectivity index (χ3n) is 9.74. The van der Waals surface area contributed by atoms with Crippen LogP contribution >= 0.6 is 0 Å². The molecule has 10 heteroatoms. The first kappa shape index (κ1) is 34.6. The van der Waals surface area contributed by atoms with Gasteiger partial charge in [0.25, 0.3) is 0 Å². The summed E-state index contributed by atoms with van der Waals surface area (Å²) in [5.74, 6) is -0.0122. The van der Waals surface area contributed by atoms with Gasteiger partial charge in [-0.05, 0) is 93.8 Å². The number of H-pyrrole nitrogens is 1. The zero-order valence-electron chi connectivity index (χ0n) is 28.0. The van der Waals surface area contributed by atoms with Crippen LogP contribution in [0.5, 0.6) is 5.75 Å². The summed E-state index contributed by atoms with van der Waals surface area (Å²) in [5, 5.41) is 27.8. The number of likely N-dealkylation sites (tertiary alicyclic amines) is 1. The van der Waals surface area contributed by atoms with Crippen LogP contribution in [0.15, 0.2) is 83.7 Å². The lowest BCUT2D eigenvalue weighted by atomic mass is 10.0. The van der Waals surface area contributed by atoms with Crippen LogP contribution in [0.4, 0.5) is 10.5 Å². The van der Waals surface area contributed by atoms with E-state index in [0.29, 0.717) is 29.1 Å². The number of aliphatic hydroxyl groups excluding tert-OH is 1. The molecule has 0 spiro atoms. The van der Waals surface area contributed by atoms with Crippen molar-refractivity contribution in [2.24, 2.45) is 0 Å². The van der Waals surface area contributed by atoms with Crippen LogP contribution in [0.1, 0.15) is 63.0 Å². The summed E-state index contributed by atoms with van der Waals surface area (Å²) in [5.41, 5.74) is 3.49. The van der Waals surface area contributed by atoms with E-state index in [0.717, 1.165) is 94.4 Å². The molecule has 6 rings (SSSR count). The molecule has 0 radical (unpaired) electrons. The minimum atomic E-state index is -0.757. The third-order valence-corrected chi connectivity index (χ3v) is 9.74. The SMILES string of the molecule is O=C(Nc1ccccc1-c1ccccc1)OC1CCN(CCCC2CCC(CCCNCC(O)c3ccc(O)c4[nH]c(=O)ccc34)O2)CC1. The number of rotatable bonds is 14. The van der Waals surface area contributed by atoms with E-state index in [9.17, 15) is 19.8 Å². The number of carbonyl (C=O) groups excluding carboxylic acids is 1. The second kappa shape index (κ2) is 16.9. The predicted octanol–water partition coefficient (Wildman–Crippen LogP) is 6.34. The highest BCUT2D eigenvalue weighted by Gasteiger charge is 2.26. The van der Waals surface area contributed by atoms with Crippen LogP contribution in [0, 0.1) is 0 Å². The van der Waals surface area contributed by atoms with Gasteiger partial charge in [-0.1, -0.05) is 54.6 Å². The van der Waals surface area contributed by atoms with E-state index in [-0.39, 0.29) is 23.5 Å². The molecule has 260 valence electrons. The van der Waals surface area contributed by atoms with Gasteiger partial charge in [0.1, 0.15) is 11.9 Å². The third kappa shape index (κ3) is 9.48. The number of amides is 1. The standard InChI is InChI=1S/C39H48N4O6/c44-35-18-16-32(33-17-19-37(46)42-38(33)35)36(45)26-40-22-6-10-28-14-15-29(48-28)11-7-23-43-24-20-30(21-25-43)49-39(47)41-34-13-5-4-12-31(34)27-8-2-1-3-9-27/h1-5,8-9,12-13,16-19,28-30,36,40,44-45H,6-7,10-11,14-15,20-26H2,(H,41,47)(H,42,46). The molecular formula is C39H48N4O6. The summed E-state index contributed by atoms with van der Waals surface area (Å²) in [6.07, 6.45) is 7.35. The number of aliphatic hydroxyl groups is 1. The van der Waals surface area contributed by atoms with Gasteiger partial charge in [0.05, 0.1) is 29.5 Å². The minimum Gasteiger partial charge on any atom is -0.506 e. The van der Waals surface area contributed by atoms with Crippen molar-refractivity contribution in [3.63, 3.8) is 0 Å². The molecule has 3 unspecified atom stereocenters. The number of nitrogens with zero attached hydrogens (tertiary/aromatic N) is 1. The van der Waals surface area contributed by atoms with Crippen LogP contribution in [0.2, 0.25) is 0 Å². The van der Waals surface area contributed by atoms with Gasteiger partial charge in [-0.25, -0.2) is 4.79 Å². The monoisotopic (exact) mass is 668 g/mol. The molecule has 5 N–H and O–H groups in total. The number of pyridine rings is 1. The van der Waals surface area contributed by atoms with Gasteiger partial charge < -0.3 is 34.9 Å². The maximum absolute atomic E-state index is 12.7. The van der Waals surface area contributed by atoms with Crippen LogP contribution < -0.4 is 16.2 Å². The number of ether oxygens (including phenoxy) is 2. The number of anilines is 1. The van der Waals surface area contributed by atoms with E-state index in [1.54, 1.807) is 12.1 Å². The fourth-order valence-electron chi connectivity index (χ4n) is 7.10. The Balaban J connectivity index is 0.822. The number of fused-ring (bicyclic) bond motifs is 1. The van der Waals surface area contributed by atoms with E-state index in [4.69, 9.17) is 9.47 Å². The van der Waals surface area contributed by atoms with Crippen molar-refractivity contribution in [1.82, 2.24) is 15.2 Å². The molecule has 3 aromatic carbocycles. The number of carbonyl (C=O) groups is 1. The average molecular weight is 669 g/mol. The number of phenols is 1. The number of aromatic amines is 1. The number of hydrogen-bond acceptors (Lipinski definition) is 8. The van der Waals surface area contributed by atoms with Gasteiger partial charge in [0, 0.05) is 36.7 Å². The summed E-state index contributed by atoms with van der Waals surface area (Å²) < 4.78 is 12.2. The second-order valence-electron chi connectivity index (χ2n) is 13.2. The van der Waals surface area contributed by atoms with Gasteiger partial charge in [0.15, 0.2) is 0 Å². The van der Waals surface area contributed by atoms with Gasteiger partial charge in [-0.3, -0.25) is 10.1 Å². The lowest BCUT2D eigenvalue weighted by Crippen LogP contribution is -2.39. The Morgan fingerprint density at radius 3 is 2.45 bits per heavy atom. The molecule has 0 saturated carbocycles. The normalized spacial score (nSPS) is 19.2. The number of benzene rings is 3. The van der Waals surface area contributed by atoms with Crippen molar-refractivity contribution in [3.05, 3.63) is 94.8 Å². The average Bonchev–Trinajstić information content (AvgIpc) is 3.57. The molecule has 2 aliphatic rings. The first-order chi connectivity index (χ1) is 23.9. The molecule has 0 bridgehead atoms. The maximum Gasteiger partial charge on any atom is 0.411 e. The molecule has 0 aliphatic carbocycles. The zero-order valence-corrected chi connectivity index (χ0v) is 28.0. The van der Waals surface area contributed by atoms with Gasteiger partial charge in [-0.15, -0.1) is 0 Å². The van der Waals surface area contributed by atoms with E-state index < -0.39 is 12.2 Å². The lowest BCUT2D eigenvalue weighted by molar-refractivity contribution is 0.0293. The van der Waals surface area contributed by atoms with Crippen LogP contribution in [0.25, 0.3) is 22.0 Å². The van der Waals surface area contributed by atoms with E-state index in [1.165, 1.54) is 12.1 Å². The Bertz CT molecular complexity index is 1720. The lowest BCUT2D eigenvalue weighted by Gasteiger charge is -2.31. The fourth-order valence-corrected chi connectivity index (χ4v) is 7.10. The van der Waals surface area contributed by atoms with Gasteiger partial charge in [-0.2, -0.15) is 0 Å². The Morgan fingerprint density at radius 2 is 1.65 bits per heavy atom. The van der Waals surface area contributed by atoms with E-state index in [2.05, 4.69) is 20.5 Å². The minimum absolute atomic E-state index is 0.0122. The molecule has 2 fully saturated rings. The van der Waals surface area contributed by atoms with Gasteiger partial charge in [0.2, 0.25) is 5.56 Å². The van der Waals surface area contributed by atoms with E-state index in [1.807, 2.05) is 54.6 Å². The maximum atomic E-state index is 12.7. The molecule has 3 atom stereocenters. The smallest absolute Gasteiger partial charge is 0.411 e. The predicted molar refractivity (Wildman–Crippen MR) is 192 cm³/mol. The highest BCUT2D eigenvalue weighted by atomic mass is 16.6. The molecule has 49 heavy (non-hydrogen) atoms. The van der Waals surface area contributed by atoms with Crippen LogP contribution in [-0.4, -0.2) is 77.2 Å². The van der Waals surface area contributed by atoms with Crippen molar-refractivity contribution in [2.45, 2.75) is 75.8 Å². The largest absolute Gasteiger partial charge is 0.506 e. The van der Waals surface area contributed by atoms with Crippen LogP contribution in [0.3, 0.4) is 0 Å². The molecule has 2 aliphatic heterocycles. The summed E-state index contributed by atoms with van der Waals surface area (Å²) in [4.78, 5) is 29.5. The Kier molecular flexibility index (Phi) is 12.0. The zero-order chi connectivity index (χ0) is 34.0. The number of hydrogen-bond donors (Lipinski definition) is 5. The number of aromatic nitrogens is 1. The van der Waals surface area contributed by atoms with Crippen molar-refractivity contribution < 1.29 is 24.5 Å². The molecular weight excluding hydrogens is 620 g/mol. The molecule has 3 heterocycles. The summed E-state index contributed by atoms with van der Waals surface area (Å²) in [6, 6.07) is 24.0. The fraction of sp³-hybridized carbons (Fsp3) is 0.436. The van der Waals surface area contributed by atoms with Crippen molar-refractivity contribution >= 4 is 22.7 Å². The van der Waals surface area contributed by atoms with Crippen LogP contribution in [-0.2, 0) is 9.47 Å². The first-order valence-electron chi connectivity index (χ1n) is 17.7. The summed E-state index contributed by atoms with van der Waals surface area (Å²) in [7, 11) is 0. The number of nitrogens with one attached hydrogen (secondary N) is 3. The van der Waals surface area contributed by atoms with E-state index >= 15 is 0 Å².